The molecule has 0 aliphatic heterocycles. The summed E-state index contributed by atoms with van der Waals surface area (Å²) >= 11 is 0. The van der Waals surface area contributed by atoms with Crippen LogP contribution in [0.2, 0.25) is 0 Å². The summed E-state index contributed by atoms with van der Waals surface area (Å²) in [6.07, 6.45) is 3.65. The Bertz CT molecular complexity index is 499. The van der Waals surface area contributed by atoms with Crippen molar-refractivity contribution in [2.75, 3.05) is 6.54 Å². The SMILES string of the molecule is CCNCc1cnccc1OC(C)c1ccccc1. The monoisotopic (exact) mass is 256 g/mol. The molecule has 19 heavy (non-hydrogen) atoms. The Balaban J connectivity index is 2.10. The second kappa shape index (κ2) is 6.90. The van der Waals surface area contributed by atoms with Crippen LogP contribution in [0.3, 0.4) is 0 Å². The normalized spacial score (nSPS) is 12.1. The van der Waals surface area contributed by atoms with Crippen molar-refractivity contribution in [1.82, 2.24) is 10.3 Å². The molecule has 1 aromatic heterocycles. The van der Waals surface area contributed by atoms with E-state index in [9.17, 15) is 0 Å². The molecule has 3 heteroatoms. The van der Waals surface area contributed by atoms with Crippen molar-refractivity contribution in [1.29, 1.82) is 0 Å². The van der Waals surface area contributed by atoms with Crippen molar-refractivity contribution >= 4 is 0 Å². The highest BCUT2D eigenvalue weighted by molar-refractivity contribution is 5.31. The molecular formula is C16H20N2O. The van der Waals surface area contributed by atoms with Crippen LogP contribution in [0.5, 0.6) is 5.75 Å². The molecule has 0 bridgehead atoms. The summed E-state index contributed by atoms with van der Waals surface area (Å²) in [5.41, 5.74) is 2.26. The molecule has 2 aromatic rings. The smallest absolute Gasteiger partial charge is 0.127 e. The number of benzene rings is 1. The fraction of sp³-hybridized carbons (Fsp3) is 0.312. The molecule has 3 nitrogen and oxygen atoms in total. The van der Waals surface area contributed by atoms with Crippen LogP contribution >= 0.6 is 0 Å². The highest BCUT2D eigenvalue weighted by atomic mass is 16.5. The third-order valence-corrected chi connectivity index (χ3v) is 3.00. The number of pyridine rings is 1. The van der Waals surface area contributed by atoms with Gasteiger partial charge in [0.1, 0.15) is 11.9 Å². The third kappa shape index (κ3) is 3.80. The summed E-state index contributed by atoms with van der Waals surface area (Å²) in [7, 11) is 0. The Morgan fingerprint density at radius 1 is 1.21 bits per heavy atom. The number of ether oxygens (including phenoxy) is 1. The van der Waals surface area contributed by atoms with Crippen LogP contribution in [0, 0.1) is 0 Å². The van der Waals surface area contributed by atoms with Gasteiger partial charge in [0.15, 0.2) is 0 Å². The standard InChI is InChI=1S/C16H20N2O/c1-3-17-11-15-12-18-10-9-16(15)19-13(2)14-7-5-4-6-8-14/h4-10,12-13,17H,3,11H2,1-2H3. The fourth-order valence-electron chi connectivity index (χ4n) is 1.90. The maximum atomic E-state index is 6.05. The van der Waals surface area contributed by atoms with E-state index < -0.39 is 0 Å². The van der Waals surface area contributed by atoms with Crippen LogP contribution in [0.4, 0.5) is 0 Å². The lowest BCUT2D eigenvalue weighted by molar-refractivity contribution is 0.224. The summed E-state index contributed by atoms with van der Waals surface area (Å²) < 4.78 is 6.05. The van der Waals surface area contributed by atoms with Gasteiger partial charge in [0.25, 0.3) is 0 Å². The molecule has 0 fully saturated rings. The molecule has 0 saturated heterocycles. The number of nitrogens with one attached hydrogen (secondary N) is 1. The van der Waals surface area contributed by atoms with Gasteiger partial charge in [-0.3, -0.25) is 4.98 Å². The topological polar surface area (TPSA) is 34.2 Å². The van der Waals surface area contributed by atoms with E-state index in [-0.39, 0.29) is 6.10 Å². The minimum atomic E-state index is 0.0315. The van der Waals surface area contributed by atoms with E-state index in [4.69, 9.17) is 4.74 Å². The van der Waals surface area contributed by atoms with Crippen molar-refractivity contribution < 1.29 is 4.74 Å². The second-order valence-corrected chi connectivity index (χ2v) is 4.43. The summed E-state index contributed by atoms with van der Waals surface area (Å²) in [6, 6.07) is 12.2. The zero-order valence-corrected chi connectivity index (χ0v) is 11.5. The summed E-state index contributed by atoms with van der Waals surface area (Å²) in [5, 5.41) is 3.30. The lowest BCUT2D eigenvalue weighted by Crippen LogP contribution is -2.14. The van der Waals surface area contributed by atoms with Gasteiger partial charge in [0, 0.05) is 24.5 Å². The summed E-state index contributed by atoms with van der Waals surface area (Å²) in [6.45, 7) is 5.86. The molecule has 0 aliphatic rings. The van der Waals surface area contributed by atoms with E-state index >= 15 is 0 Å². The highest BCUT2D eigenvalue weighted by Gasteiger charge is 2.09. The maximum Gasteiger partial charge on any atom is 0.127 e. The van der Waals surface area contributed by atoms with Crippen LogP contribution < -0.4 is 10.1 Å². The summed E-state index contributed by atoms with van der Waals surface area (Å²) in [5.74, 6) is 0.896. The van der Waals surface area contributed by atoms with E-state index in [0.29, 0.717) is 0 Å². The van der Waals surface area contributed by atoms with Crippen LogP contribution in [0.25, 0.3) is 0 Å². The van der Waals surface area contributed by atoms with Crippen LogP contribution in [-0.4, -0.2) is 11.5 Å². The fourth-order valence-corrected chi connectivity index (χ4v) is 1.90. The molecule has 1 N–H and O–H groups in total. The van der Waals surface area contributed by atoms with E-state index in [2.05, 4.69) is 36.3 Å². The first-order valence-electron chi connectivity index (χ1n) is 6.66. The number of hydrogen-bond acceptors (Lipinski definition) is 3. The van der Waals surface area contributed by atoms with E-state index in [1.807, 2.05) is 30.5 Å². The van der Waals surface area contributed by atoms with Gasteiger partial charge in [0.2, 0.25) is 0 Å². The molecule has 1 atom stereocenters. The van der Waals surface area contributed by atoms with Crippen molar-refractivity contribution in [3.63, 3.8) is 0 Å². The van der Waals surface area contributed by atoms with Crippen molar-refractivity contribution in [2.24, 2.45) is 0 Å². The van der Waals surface area contributed by atoms with Crippen LogP contribution in [0.1, 0.15) is 31.1 Å². The largest absolute Gasteiger partial charge is 0.486 e. The van der Waals surface area contributed by atoms with Crippen LogP contribution in [0.15, 0.2) is 48.8 Å². The van der Waals surface area contributed by atoms with Crippen molar-refractivity contribution in [2.45, 2.75) is 26.5 Å². The van der Waals surface area contributed by atoms with Gasteiger partial charge in [-0.1, -0.05) is 37.3 Å². The van der Waals surface area contributed by atoms with Crippen molar-refractivity contribution in [3.05, 3.63) is 59.9 Å². The summed E-state index contributed by atoms with van der Waals surface area (Å²) in [4.78, 5) is 4.16. The third-order valence-electron chi connectivity index (χ3n) is 3.00. The molecule has 100 valence electrons. The van der Waals surface area contributed by atoms with Crippen LogP contribution in [-0.2, 0) is 6.54 Å². The number of nitrogens with zero attached hydrogens (tertiary/aromatic N) is 1. The van der Waals surface area contributed by atoms with Gasteiger partial charge in [0.05, 0.1) is 0 Å². The van der Waals surface area contributed by atoms with Gasteiger partial charge in [-0.2, -0.15) is 0 Å². The lowest BCUT2D eigenvalue weighted by atomic mass is 10.1. The average Bonchev–Trinajstić information content (AvgIpc) is 2.47. The quantitative estimate of drug-likeness (QED) is 0.860. The van der Waals surface area contributed by atoms with Gasteiger partial charge in [-0.05, 0) is 25.1 Å². The lowest BCUT2D eigenvalue weighted by Gasteiger charge is -2.17. The zero-order valence-electron chi connectivity index (χ0n) is 11.5. The predicted octanol–water partition coefficient (Wildman–Crippen LogP) is 3.33. The molecule has 0 radical (unpaired) electrons. The molecule has 0 aliphatic carbocycles. The minimum absolute atomic E-state index is 0.0315. The van der Waals surface area contributed by atoms with E-state index in [0.717, 1.165) is 24.4 Å². The first kappa shape index (κ1) is 13.6. The molecule has 1 unspecified atom stereocenters. The Hall–Kier alpha value is -1.87. The zero-order chi connectivity index (χ0) is 13.5. The Kier molecular flexibility index (Phi) is 4.93. The van der Waals surface area contributed by atoms with Gasteiger partial charge in [-0.15, -0.1) is 0 Å². The van der Waals surface area contributed by atoms with E-state index in [1.165, 1.54) is 5.56 Å². The minimum Gasteiger partial charge on any atom is -0.486 e. The Labute approximate surface area is 114 Å². The first-order valence-corrected chi connectivity index (χ1v) is 6.66. The number of aromatic nitrogens is 1. The molecule has 2 rings (SSSR count). The number of rotatable bonds is 6. The first-order chi connectivity index (χ1) is 9.31. The number of hydrogen-bond donors (Lipinski definition) is 1. The molecule has 0 spiro atoms. The highest BCUT2D eigenvalue weighted by Crippen LogP contribution is 2.24. The molecule has 0 saturated carbocycles. The molecular weight excluding hydrogens is 236 g/mol. The van der Waals surface area contributed by atoms with Gasteiger partial charge < -0.3 is 10.1 Å². The maximum absolute atomic E-state index is 6.05. The average molecular weight is 256 g/mol. The predicted molar refractivity (Wildman–Crippen MR) is 77.1 cm³/mol. The second-order valence-electron chi connectivity index (χ2n) is 4.43. The molecule has 0 amide bonds. The van der Waals surface area contributed by atoms with Gasteiger partial charge >= 0.3 is 0 Å². The Morgan fingerprint density at radius 2 is 2.00 bits per heavy atom. The van der Waals surface area contributed by atoms with Crippen molar-refractivity contribution in [3.8, 4) is 5.75 Å². The van der Waals surface area contributed by atoms with Gasteiger partial charge in [-0.25, -0.2) is 0 Å². The van der Waals surface area contributed by atoms with E-state index in [1.54, 1.807) is 6.20 Å². The Morgan fingerprint density at radius 3 is 2.74 bits per heavy atom. The molecule has 1 aromatic carbocycles. The molecule has 1 heterocycles.